The number of ketones is 1. The molecule has 0 radical (unpaired) electrons. The minimum atomic E-state index is -0.236. The second-order valence-corrected chi connectivity index (χ2v) is 5.66. The third-order valence-electron chi connectivity index (χ3n) is 3.34. The van der Waals surface area contributed by atoms with Crippen LogP contribution >= 0.6 is 11.6 Å². The number of hydrogen-bond acceptors (Lipinski definition) is 3. The number of rotatable bonds is 7. The molecule has 1 aromatic heterocycles. The predicted molar refractivity (Wildman–Crippen MR) is 89.4 cm³/mol. The van der Waals surface area contributed by atoms with Crippen molar-refractivity contribution in [3.05, 3.63) is 52.3 Å². The molecule has 0 fully saturated rings. The van der Waals surface area contributed by atoms with Crippen LogP contribution in [0.1, 0.15) is 39.8 Å². The zero-order valence-corrected chi connectivity index (χ0v) is 13.9. The first-order valence-corrected chi connectivity index (χ1v) is 7.71. The highest BCUT2D eigenvalue weighted by Gasteiger charge is 2.10. The molecule has 6 heteroatoms. The van der Waals surface area contributed by atoms with E-state index in [0.717, 1.165) is 11.3 Å². The highest BCUT2D eigenvalue weighted by Crippen LogP contribution is 2.21. The summed E-state index contributed by atoms with van der Waals surface area (Å²) in [6.07, 6.45) is 2.21. The molecule has 0 bridgehead atoms. The fourth-order valence-corrected chi connectivity index (χ4v) is 2.28. The van der Waals surface area contributed by atoms with Gasteiger partial charge in [-0.05, 0) is 50.1 Å². The average molecular weight is 335 g/mol. The Labute approximate surface area is 140 Å². The van der Waals surface area contributed by atoms with Gasteiger partial charge in [-0.1, -0.05) is 11.6 Å². The number of hydrogen-bond donors (Lipinski definition) is 2. The van der Waals surface area contributed by atoms with E-state index < -0.39 is 0 Å². The maximum Gasteiger partial charge on any atom is 0.267 e. The third kappa shape index (κ3) is 4.86. The number of ether oxygens (including phenoxy) is 1. The second kappa shape index (κ2) is 7.83. The number of carbonyl (C=O) groups is 2. The van der Waals surface area contributed by atoms with E-state index in [9.17, 15) is 9.59 Å². The van der Waals surface area contributed by atoms with Crippen molar-refractivity contribution in [2.75, 3.05) is 13.2 Å². The molecule has 0 aliphatic heterocycles. The van der Waals surface area contributed by atoms with Gasteiger partial charge in [0.15, 0.2) is 5.78 Å². The zero-order chi connectivity index (χ0) is 16.8. The van der Waals surface area contributed by atoms with Crippen LogP contribution in [0, 0.1) is 6.92 Å². The lowest BCUT2D eigenvalue weighted by Gasteiger charge is -2.09. The molecule has 0 saturated heterocycles. The number of benzene rings is 1. The number of Topliss-reactive ketones (excluding diaryl/α,β-unsaturated/α-hetero) is 1. The highest BCUT2D eigenvalue weighted by atomic mass is 35.5. The molecule has 0 saturated carbocycles. The van der Waals surface area contributed by atoms with Crippen LogP contribution in [0.4, 0.5) is 0 Å². The standard InChI is InChI=1S/C17H19ClN2O3/c1-11-8-14(18)4-5-16(11)23-7-3-6-19-17(22)15-9-13(10-20-15)12(2)21/h4-5,8-10,20H,3,6-7H2,1-2H3,(H,19,22). The molecule has 0 spiro atoms. The molecule has 0 atom stereocenters. The number of amides is 1. The number of carbonyl (C=O) groups excluding carboxylic acids is 2. The molecule has 1 amide bonds. The SMILES string of the molecule is CC(=O)c1c[nH]c(C(=O)NCCCOc2ccc(Cl)cc2C)c1. The van der Waals surface area contributed by atoms with E-state index >= 15 is 0 Å². The van der Waals surface area contributed by atoms with Crippen LogP contribution in [-0.2, 0) is 0 Å². The summed E-state index contributed by atoms with van der Waals surface area (Å²) in [4.78, 5) is 25.9. The molecule has 23 heavy (non-hydrogen) atoms. The lowest BCUT2D eigenvalue weighted by molar-refractivity contribution is 0.0947. The molecule has 1 heterocycles. The molecular weight excluding hydrogens is 316 g/mol. The third-order valence-corrected chi connectivity index (χ3v) is 3.57. The number of H-pyrrole nitrogens is 1. The quantitative estimate of drug-likeness (QED) is 0.602. The van der Waals surface area contributed by atoms with Gasteiger partial charge in [0, 0.05) is 23.3 Å². The first-order valence-electron chi connectivity index (χ1n) is 7.34. The minimum absolute atomic E-state index is 0.0768. The van der Waals surface area contributed by atoms with E-state index in [1.54, 1.807) is 12.1 Å². The number of aryl methyl sites for hydroxylation is 1. The van der Waals surface area contributed by atoms with Crippen LogP contribution in [-0.4, -0.2) is 29.8 Å². The Bertz CT molecular complexity index is 710. The fraction of sp³-hybridized carbons (Fsp3) is 0.294. The van der Waals surface area contributed by atoms with Gasteiger partial charge >= 0.3 is 0 Å². The molecule has 2 aromatic rings. The maximum absolute atomic E-state index is 11.9. The first kappa shape index (κ1) is 17.1. The van der Waals surface area contributed by atoms with Crippen LogP contribution in [0.15, 0.2) is 30.5 Å². The van der Waals surface area contributed by atoms with E-state index in [1.165, 1.54) is 13.1 Å². The van der Waals surface area contributed by atoms with Gasteiger partial charge in [0.1, 0.15) is 11.4 Å². The molecule has 2 N–H and O–H groups in total. The van der Waals surface area contributed by atoms with Crippen LogP contribution in [0.25, 0.3) is 0 Å². The van der Waals surface area contributed by atoms with Crippen molar-refractivity contribution in [2.45, 2.75) is 20.3 Å². The number of nitrogens with one attached hydrogen (secondary N) is 2. The Kier molecular flexibility index (Phi) is 5.82. The van der Waals surface area contributed by atoms with Gasteiger partial charge in [0.25, 0.3) is 5.91 Å². The van der Waals surface area contributed by atoms with Crippen molar-refractivity contribution >= 4 is 23.3 Å². The van der Waals surface area contributed by atoms with Crippen LogP contribution in [0.5, 0.6) is 5.75 Å². The molecule has 0 aliphatic carbocycles. The first-order chi connectivity index (χ1) is 11.0. The molecule has 0 aliphatic rings. The van der Waals surface area contributed by atoms with Gasteiger partial charge in [-0.3, -0.25) is 9.59 Å². The summed E-state index contributed by atoms with van der Waals surface area (Å²) < 4.78 is 5.65. The Morgan fingerprint density at radius 2 is 2.09 bits per heavy atom. The van der Waals surface area contributed by atoms with Crippen molar-refractivity contribution < 1.29 is 14.3 Å². The minimum Gasteiger partial charge on any atom is -0.493 e. The largest absolute Gasteiger partial charge is 0.493 e. The monoisotopic (exact) mass is 334 g/mol. The molecule has 0 unspecified atom stereocenters. The smallest absolute Gasteiger partial charge is 0.267 e. The number of aromatic nitrogens is 1. The zero-order valence-electron chi connectivity index (χ0n) is 13.1. The van der Waals surface area contributed by atoms with Crippen LogP contribution in [0.2, 0.25) is 5.02 Å². The lowest BCUT2D eigenvalue weighted by Crippen LogP contribution is -2.25. The summed E-state index contributed by atoms with van der Waals surface area (Å²) in [6, 6.07) is 7.00. The van der Waals surface area contributed by atoms with E-state index in [2.05, 4.69) is 10.3 Å². The van der Waals surface area contributed by atoms with Crippen molar-refractivity contribution in [1.82, 2.24) is 10.3 Å². The highest BCUT2D eigenvalue weighted by molar-refractivity contribution is 6.30. The van der Waals surface area contributed by atoms with Crippen molar-refractivity contribution in [3.63, 3.8) is 0 Å². The summed E-state index contributed by atoms with van der Waals surface area (Å²) in [7, 11) is 0. The van der Waals surface area contributed by atoms with E-state index in [4.69, 9.17) is 16.3 Å². The Morgan fingerprint density at radius 3 is 2.74 bits per heavy atom. The van der Waals surface area contributed by atoms with Gasteiger partial charge < -0.3 is 15.0 Å². The normalized spacial score (nSPS) is 10.4. The average Bonchev–Trinajstić information content (AvgIpc) is 2.99. The van der Waals surface area contributed by atoms with E-state index in [1.807, 2.05) is 19.1 Å². The molecule has 2 rings (SSSR count). The lowest BCUT2D eigenvalue weighted by atomic mass is 10.2. The summed E-state index contributed by atoms with van der Waals surface area (Å²) in [5.74, 6) is 0.475. The fourth-order valence-electron chi connectivity index (χ4n) is 2.05. The van der Waals surface area contributed by atoms with Gasteiger partial charge in [-0.15, -0.1) is 0 Å². The van der Waals surface area contributed by atoms with E-state index in [-0.39, 0.29) is 11.7 Å². The number of aromatic amines is 1. The Hall–Kier alpha value is -2.27. The second-order valence-electron chi connectivity index (χ2n) is 5.23. The van der Waals surface area contributed by atoms with E-state index in [0.29, 0.717) is 35.9 Å². The van der Waals surface area contributed by atoms with Crippen LogP contribution < -0.4 is 10.1 Å². The molecule has 5 nitrogen and oxygen atoms in total. The summed E-state index contributed by atoms with van der Waals surface area (Å²) in [5, 5.41) is 3.46. The Morgan fingerprint density at radius 1 is 1.30 bits per heavy atom. The van der Waals surface area contributed by atoms with Gasteiger partial charge in [-0.2, -0.15) is 0 Å². The number of halogens is 1. The topological polar surface area (TPSA) is 71.2 Å². The van der Waals surface area contributed by atoms with Crippen molar-refractivity contribution in [2.24, 2.45) is 0 Å². The van der Waals surface area contributed by atoms with Crippen LogP contribution in [0.3, 0.4) is 0 Å². The van der Waals surface area contributed by atoms with Crippen molar-refractivity contribution in [3.8, 4) is 5.75 Å². The Balaban J connectivity index is 1.72. The summed E-state index contributed by atoms with van der Waals surface area (Å²) >= 11 is 5.89. The molecule has 1 aromatic carbocycles. The molecule has 122 valence electrons. The summed E-state index contributed by atoms with van der Waals surface area (Å²) in [6.45, 7) is 4.37. The van der Waals surface area contributed by atoms with Gasteiger partial charge in [0.05, 0.1) is 6.61 Å². The molecular formula is C17H19ClN2O3. The van der Waals surface area contributed by atoms with Crippen molar-refractivity contribution in [1.29, 1.82) is 0 Å². The predicted octanol–water partition coefficient (Wildman–Crippen LogP) is 3.38. The van der Waals surface area contributed by atoms with Gasteiger partial charge in [0.2, 0.25) is 0 Å². The maximum atomic E-state index is 11.9. The van der Waals surface area contributed by atoms with Gasteiger partial charge in [-0.25, -0.2) is 0 Å². The summed E-state index contributed by atoms with van der Waals surface area (Å²) in [5.41, 5.74) is 1.85.